The number of rotatable bonds is 3. The Hall–Kier alpha value is -2.89. The van der Waals surface area contributed by atoms with Gasteiger partial charge >= 0.3 is 0 Å². The molecule has 4 rings (SSSR count). The number of anilines is 1. The SMILES string of the molecule is CC(C)(C)CC(=O)N1CCN(c2ccc3ncc(-c4ccccc4)n3n2)CC1. The molecule has 6 nitrogen and oxygen atoms in total. The standard InChI is InChI=1S/C22H27N5O/c1-22(2,3)15-21(28)26-13-11-25(12-14-26)20-10-9-19-23-16-18(27(19)24-20)17-7-5-4-6-8-17/h4-10,16H,11-15H2,1-3H3. The van der Waals surface area contributed by atoms with Gasteiger partial charge in [-0.3, -0.25) is 4.79 Å². The molecule has 6 heteroatoms. The van der Waals surface area contributed by atoms with Crippen molar-refractivity contribution in [1.29, 1.82) is 0 Å². The topological polar surface area (TPSA) is 53.7 Å². The lowest BCUT2D eigenvalue weighted by molar-refractivity contribution is -0.133. The van der Waals surface area contributed by atoms with E-state index in [2.05, 4.69) is 42.8 Å². The Bertz CT molecular complexity index is 966. The van der Waals surface area contributed by atoms with Crippen molar-refractivity contribution in [3.05, 3.63) is 48.7 Å². The summed E-state index contributed by atoms with van der Waals surface area (Å²) < 4.78 is 1.90. The molecule has 28 heavy (non-hydrogen) atoms. The highest BCUT2D eigenvalue weighted by Crippen LogP contribution is 2.23. The van der Waals surface area contributed by atoms with E-state index >= 15 is 0 Å². The van der Waals surface area contributed by atoms with Gasteiger partial charge in [-0.05, 0) is 17.5 Å². The van der Waals surface area contributed by atoms with Crippen LogP contribution in [0.4, 0.5) is 5.82 Å². The Balaban J connectivity index is 1.51. The Morgan fingerprint density at radius 3 is 2.39 bits per heavy atom. The first kappa shape index (κ1) is 18.5. The molecular weight excluding hydrogens is 350 g/mol. The summed E-state index contributed by atoms with van der Waals surface area (Å²) in [6.45, 7) is 9.39. The highest BCUT2D eigenvalue weighted by Gasteiger charge is 2.25. The van der Waals surface area contributed by atoms with Crippen molar-refractivity contribution < 1.29 is 4.79 Å². The van der Waals surface area contributed by atoms with Crippen LogP contribution in [0.1, 0.15) is 27.2 Å². The van der Waals surface area contributed by atoms with Crippen LogP contribution in [0.5, 0.6) is 0 Å². The molecule has 0 unspecified atom stereocenters. The summed E-state index contributed by atoms with van der Waals surface area (Å²) in [6, 6.07) is 14.2. The molecule has 0 atom stereocenters. The second kappa shape index (κ2) is 7.26. The molecule has 1 saturated heterocycles. The molecule has 146 valence electrons. The monoisotopic (exact) mass is 377 g/mol. The Kier molecular flexibility index (Phi) is 4.79. The van der Waals surface area contributed by atoms with Gasteiger partial charge in [0.1, 0.15) is 5.82 Å². The minimum atomic E-state index is 0.0239. The van der Waals surface area contributed by atoms with Gasteiger partial charge in [0, 0.05) is 38.2 Å². The van der Waals surface area contributed by atoms with Crippen LogP contribution in [0, 0.1) is 5.41 Å². The number of nitrogens with zero attached hydrogens (tertiary/aromatic N) is 5. The third-order valence-corrected chi connectivity index (χ3v) is 5.06. The number of carbonyl (C=O) groups excluding carboxylic acids is 1. The number of hydrogen-bond acceptors (Lipinski definition) is 4. The Morgan fingerprint density at radius 2 is 1.71 bits per heavy atom. The first-order valence-corrected chi connectivity index (χ1v) is 9.84. The molecule has 1 amide bonds. The van der Waals surface area contributed by atoms with E-state index in [1.54, 1.807) is 0 Å². The van der Waals surface area contributed by atoms with Crippen molar-refractivity contribution in [2.75, 3.05) is 31.1 Å². The van der Waals surface area contributed by atoms with Gasteiger partial charge < -0.3 is 9.80 Å². The van der Waals surface area contributed by atoms with Crippen LogP contribution < -0.4 is 4.90 Å². The van der Waals surface area contributed by atoms with Crippen LogP contribution in [0.2, 0.25) is 0 Å². The maximum absolute atomic E-state index is 12.5. The van der Waals surface area contributed by atoms with Crippen molar-refractivity contribution in [3.8, 4) is 11.3 Å². The van der Waals surface area contributed by atoms with Crippen LogP contribution >= 0.6 is 0 Å². The number of aromatic nitrogens is 3. The van der Waals surface area contributed by atoms with Crippen LogP contribution in [-0.4, -0.2) is 51.6 Å². The normalized spacial score (nSPS) is 15.2. The van der Waals surface area contributed by atoms with E-state index < -0.39 is 0 Å². The molecule has 2 aromatic heterocycles. The average Bonchev–Trinajstić information content (AvgIpc) is 3.11. The molecule has 1 aliphatic rings. The number of fused-ring (bicyclic) bond motifs is 1. The highest BCUT2D eigenvalue weighted by molar-refractivity contribution is 5.77. The van der Waals surface area contributed by atoms with Gasteiger partial charge in [0.25, 0.3) is 0 Å². The van der Waals surface area contributed by atoms with E-state index in [4.69, 9.17) is 5.10 Å². The number of imidazole rings is 1. The number of carbonyl (C=O) groups is 1. The lowest BCUT2D eigenvalue weighted by Gasteiger charge is -2.36. The fourth-order valence-electron chi connectivity index (χ4n) is 3.59. The predicted molar refractivity (Wildman–Crippen MR) is 111 cm³/mol. The van der Waals surface area contributed by atoms with Crippen molar-refractivity contribution in [2.45, 2.75) is 27.2 Å². The van der Waals surface area contributed by atoms with Crippen LogP contribution in [0.25, 0.3) is 16.9 Å². The summed E-state index contributed by atoms with van der Waals surface area (Å²) in [5, 5.41) is 4.84. The average molecular weight is 377 g/mol. The smallest absolute Gasteiger partial charge is 0.223 e. The number of hydrogen-bond donors (Lipinski definition) is 0. The predicted octanol–water partition coefficient (Wildman–Crippen LogP) is 3.48. The third-order valence-electron chi connectivity index (χ3n) is 5.06. The van der Waals surface area contributed by atoms with E-state index in [0.29, 0.717) is 6.42 Å². The van der Waals surface area contributed by atoms with Gasteiger partial charge in [-0.15, -0.1) is 5.10 Å². The molecule has 0 bridgehead atoms. The fraction of sp³-hybridized carbons (Fsp3) is 0.409. The van der Waals surface area contributed by atoms with Crippen molar-refractivity contribution in [2.24, 2.45) is 5.41 Å². The maximum Gasteiger partial charge on any atom is 0.223 e. The zero-order chi connectivity index (χ0) is 19.7. The third kappa shape index (κ3) is 3.86. The van der Waals surface area contributed by atoms with Gasteiger partial charge in [-0.25, -0.2) is 9.50 Å². The molecule has 1 aromatic carbocycles. The van der Waals surface area contributed by atoms with E-state index in [1.165, 1.54) is 0 Å². The van der Waals surface area contributed by atoms with Crippen molar-refractivity contribution in [3.63, 3.8) is 0 Å². The number of amides is 1. The van der Waals surface area contributed by atoms with E-state index in [-0.39, 0.29) is 11.3 Å². The Labute approximate surface area is 165 Å². The molecule has 0 spiro atoms. The molecule has 0 saturated carbocycles. The highest BCUT2D eigenvalue weighted by atomic mass is 16.2. The fourth-order valence-corrected chi connectivity index (χ4v) is 3.59. The Morgan fingerprint density at radius 1 is 1.00 bits per heavy atom. The van der Waals surface area contributed by atoms with Gasteiger partial charge in [-0.1, -0.05) is 51.1 Å². The molecule has 3 heterocycles. The zero-order valence-electron chi connectivity index (χ0n) is 16.8. The number of piperazine rings is 1. The quantitative estimate of drug-likeness (QED) is 0.701. The van der Waals surface area contributed by atoms with Crippen LogP contribution in [0.15, 0.2) is 48.7 Å². The first-order valence-electron chi connectivity index (χ1n) is 9.84. The zero-order valence-corrected chi connectivity index (χ0v) is 16.8. The lowest BCUT2D eigenvalue weighted by atomic mass is 9.91. The van der Waals surface area contributed by atoms with Gasteiger partial charge in [0.05, 0.1) is 11.9 Å². The largest absolute Gasteiger partial charge is 0.352 e. The summed E-state index contributed by atoms with van der Waals surface area (Å²) >= 11 is 0. The van der Waals surface area contributed by atoms with Crippen molar-refractivity contribution in [1.82, 2.24) is 19.5 Å². The molecule has 1 fully saturated rings. The van der Waals surface area contributed by atoms with Crippen LogP contribution in [0.3, 0.4) is 0 Å². The van der Waals surface area contributed by atoms with E-state index in [1.807, 2.05) is 45.9 Å². The van der Waals surface area contributed by atoms with Gasteiger partial charge in [0.2, 0.25) is 5.91 Å². The summed E-state index contributed by atoms with van der Waals surface area (Å²) in [7, 11) is 0. The second-order valence-electron chi connectivity index (χ2n) is 8.58. The molecule has 0 aliphatic carbocycles. The van der Waals surface area contributed by atoms with Crippen LogP contribution in [-0.2, 0) is 4.79 Å². The number of benzene rings is 1. The molecule has 1 aliphatic heterocycles. The molecule has 0 radical (unpaired) electrons. The molecule has 3 aromatic rings. The van der Waals surface area contributed by atoms with Gasteiger partial charge in [-0.2, -0.15) is 0 Å². The summed E-state index contributed by atoms with van der Waals surface area (Å²) in [6.07, 6.45) is 2.46. The minimum Gasteiger partial charge on any atom is -0.352 e. The second-order valence-corrected chi connectivity index (χ2v) is 8.58. The van der Waals surface area contributed by atoms with Crippen molar-refractivity contribution >= 4 is 17.4 Å². The summed E-state index contributed by atoms with van der Waals surface area (Å²) in [5.41, 5.74) is 2.94. The summed E-state index contributed by atoms with van der Waals surface area (Å²) in [4.78, 5) is 21.2. The maximum atomic E-state index is 12.5. The lowest BCUT2D eigenvalue weighted by Crippen LogP contribution is -2.49. The van der Waals surface area contributed by atoms with E-state index in [9.17, 15) is 4.79 Å². The molecular formula is C22H27N5O. The summed E-state index contributed by atoms with van der Waals surface area (Å²) in [5.74, 6) is 1.17. The van der Waals surface area contributed by atoms with Gasteiger partial charge in [0.15, 0.2) is 5.65 Å². The minimum absolute atomic E-state index is 0.0239. The van der Waals surface area contributed by atoms with E-state index in [0.717, 1.165) is 48.9 Å². The molecule has 0 N–H and O–H groups in total. The first-order chi connectivity index (χ1) is 13.4.